The molecule has 0 bridgehead atoms. The van der Waals surface area contributed by atoms with E-state index in [0.29, 0.717) is 0 Å². The van der Waals surface area contributed by atoms with Gasteiger partial charge in [-0.3, -0.25) is 5.10 Å². The summed E-state index contributed by atoms with van der Waals surface area (Å²) in [4.78, 5) is 11.6. The molecule has 0 aliphatic heterocycles. The maximum Gasteiger partial charge on any atom is 0.432 e. The molecule has 12 heteroatoms. The molecular weight excluding hydrogens is 373 g/mol. The van der Waals surface area contributed by atoms with E-state index in [0.717, 1.165) is 24.5 Å². The van der Waals surface area contributed by atoms with Crippen LogP contribution in [0.4, 0.5) is 39.7 Å². The number of H-pyrrole nitrogens is 1. The number of anilines is 3. The van der Waals surface area contributed by atoms with Crippen LogP contribution in [0.3, 0.4) is 0 Å². The summed E-state index contributed by atoms with van der Waals surface area (Å²) < 4.78 is 64.5. The van der Waals surface area contributed by atoms with Gasteiger partial charge in [-0.2, -0.15) is 23.3 Å². The van der Waals surface area contributed by atoms with Gasteiger partial charge in [0.25, 0.3) is 0 Å². The standard InChI is InChI=1S/C15H12F5N7/c1-7(9-3-2-8(16)4-10(9)17)23-13-21-6-22-14(25-13)24-12-5-11(26-27-12)15(18,19)20/h2-7H,1H3,(H3,21,22,23,24,25,26,27). The van der Waals surface area contributed by atoms with Crippen molar-refractivity contribution in [3.05, 3.63) is 53.5 Å². The van der Waals surface area contributed by atoms with Crippen molar-refractivity contribution < 1.29 is 22.0 Å². The molecule has 3 rings (SSSR count). The molecule has 142 valence electrons. The Morgan fingerprint density at radius 1 is 1.07 bits per heavy atom. The van der Waals surface area contributed by atoms with Crippen LogP contribution in [0.1, 0.15) is 24.2 Å². The van der Waals surface area contributed by atoms with E-state index in [1.165, 1.54) is 6.07 Å². The minimum absolute atomic E-state index is 0.0373. The van der Waals surface area contributed by atoms with Gasteiger partial charge in [0.1, 0.15) is 23.7 Å². The van der Waals surface area contributed by atoms with Crippen molar-refractivity contribution in [1.29, 1.82) is 0 Å². The summed E-state index contributed by atoms with van der Waals surface area (Å²) in [6.45, 7) is 1.61. The van der Waals surface area contributed by atoms with Crippen molar-refractivity contribution in [2.45, 2.75) is 19.1 Å². The highest BCUT2D eigenvalue weighted by molar-refractivity contribution is 5.49. The maximum absolute atomic E-state index is 13.8. The number of hydrogen-bond donors (Lipinski definition) is 3. The molecule has 0 saturated heterocycles. The van der Waals surface area contributed by atoms with Gasteiger partial charge in [-0.15, -0.1) is 0 Å². The second kappa shape index (κ2) is 7.13. The number of nitrogens with zero attached hydrogens (tertiary/aromatic N) is 4. The molecule has 1 unspecified atom stereocenters. The van der Waals surface area contributed by atoms with Crippen LogP contribution >= 0.6 is 0 Å². The first-order valence-corrected chi connectivity index (χ1v) is 7.52. The molecule has 2 aromatic heterocycles. The average Bonchev–Trinajstić information content (AvgIpc) is 3.04. The molecule has 2 heterocycles. The first-order valence-electron chi connectivity index (χ1n) is 7.52. The summed E-state index contributed by atoms with van der Waals surface area (Å²) in [5.41, 5.74) is -0.841. The number of aromatic nitrogens is 5. The Labute approximate surface area is 149 Å². The molecule has 0 aliphatic rings. The lowest BCUT2D eigenvalue weighted by atomic mass is 10.1. The van der Waals surface area contributed by atoms with Crippen LogP contribution < -0.4 is 10.6 Å². The number of alkyl halides is 3. The molecule has 3 N–H and O–H groups in total. The lowest BCUT2D eigenvalue weighted by molar-refractivity contribution is -0.141. The Kier molecular flexibility index (Phi) is 4.88. The quantitative estimate of drug-likeness (QED) is 0.579. The molecule has 1 atom stereocenters. The summed E-state index contributed by atoms with van der Waals surface area (Å²) >= 11 is 0. The van der Waals surface area contributed by atoms with Crippen molar-refractivity contribution in [2.75, 3.05) is 10.6 Å². The highest BCUT2D eigenvalue weighted by Gasteiger charge is 2.33. The van der Waals surface area contributed by atoms with Crippen LogP contribution in [0.2, 0.25) is 0 Å². The number of aromatic amines is 1. The zero-order chi connectivity index (χ0) is 19.6. The SMILES string of the molecule is CC(Nc1ncnc(Nc2cc(C(F)(F)F)[nH]n2)n1)c1ccc(F)cc1F. The lowest BCUT2D eigenvalue weighted by Gasteiger charge is -2.15. The van der Waals surface area contributed by atoms with Crippen LogP contribution in [0.15, 0.2) is 30.6 Å². The molecular formula is C15H12F5N7. The van der Waals surface area contributed by atoms with E-state index < -0.39 is 29.5 Å². The van der Waals surface area contributed by atoms with E-state index in [4.69, 9.17) is 0 Å². The second-order valence-electron chi connectivity index (χ2n) is 5.45. The predicted molar refractivity (Wildman–Crippen MR) is 85.1 cm³/mol. The van der Waals surface area contributed by atoms with E-state index in [-0.39, 0.29) is 23.3 Å². The van der Waals surface area contributed by atoms with Crippen molar-refractivity contribution in [2.24, 2.45) is 0 Å². The number of rotatable bonds is 5. The summed E-state index contributed by atoms with van der Waals surface area (Å²) in [5.74, 6) is -1.61. The highest BCUT2D eigenvalue weighted by atomic mass is 19.4. The minimum Gasteiger partial charge on any atom is -0.347 e. The van der Waals surface area contributed by atoms with Crippen molar-refractivity contribution in [1.82, 2.24) is 25.1 Å². The maximum atomic E-state index is 13.8. The average molecular weight is 385 g/mol. The van der Waals surface area contributed by atoms with E-state index in [2.05, 4.69) is 30.7 Å². The fraction of sp³-hybridized carbons (Fsp3) is 0.200. The monoisotopic (exact) mass is 385 g/mol. The smallest absolute Gasteiger partial charge is 0.347 e. The van der Waals surface area contributed by atoms with Gasteiger partial charge in [-0.25, -0.2) is 18.7 Å². The Balaban J connectivity index is 1.72. The first-order chi connectivity index (χ1) is 12.7. The molecule has 1 aromatic carbocycles. The summed E-state index contributed by atoms with van der Waals surface area (Å²) in [6, 6.07) is 3.30. The number of halogens is 5. The molecule has 7 nitrogen and oxygen atoms in total. The number of hydrogen-bond acceptors (Lipinski definition) is 6. The normalized spacial score (nSPS) is 12.7. The van der Waals surface area contributed by atoms with Crippen molar-refractivity contribution in [3.63, 3.8) is 0 Å². The summed E-state index contributed by atoms with van der Waals surface area (Å²) in [5, 5.41) is 10.6. The Hall–Kier alpha value is -3.31. The fourth-order valence-electron chi connectivity index (χ4n) is 2.20. The van der Waals surface area contributed by atoms with Gasteiger partial charge in [-0.1, -0.05) is 6.07 Å². The van der Waals surface area contributed by atoms with E-state index >= 15 is 0 Å². The van der Waals surface area contributed by atoms with Gasteiger partial charge >= 0.3 is 6.18 Å². The summed E-state index contributed by atoms with van der Waals surface area (Å²) in [6.07, 6.45) is -3.45. The van der Waals surface area contributed by atoms with E-state index in [1.807, 2.05) is 5.10 Å². The van der Waals surface area contributed by atoms with Crippen LogP contribution in [0, 0.1) is 11.6 Å². The number of nitrogens with one attached hydrogen (secondary N) is 3. The van der Waals surface area contributed by atoms with Crippen LogP contribution in [0.5, 0.6) is 0 Å². The highest BCUT2D eigenvalue weighted by Crippen LogP contribution is 2.29. The van der Waals surface area contributed by atoms with Crippen molar-refractivity contribution >= 4 is 17.7 Å². The molecule has 0 saturated carbocycles. The van der Waals surface area contributed by atoms with Gasteiger partial charge < -0.3 is 10.6 Å². The third kappa shape index (κ3) is 4.46. The zero-order valence-electron chi connectivity index (χ0n) is 13.6. The van der Waals surface area contributed by atoms with Crippen LogP contribution in [0.25, 0.3) is 0 Å². The number of benzene rings is 1. The Bertz CT molecular complexity index is 940. The minimum atomic E-state index is -4.56. The molecule has 0 fully saturated rings. The lowest BCUT2D eigenvalue weighted by Crippen LogP contribution is -2.12. The predicted octanol–water partition coefficient (Wildman–Crippen LogP) is 3.81. The van der Waals surface area contributed by atoms with Crippen LogP contribution in [-0.4, -0.2) is 25.1 Å². The van der Waals surface area contributed by atoms with Gasteiger partial charge in [0.15, 0.2) is 5.82 Å². The van der Waals surface area contributed by atoms with Gasteiger partial charge in [0.05, 0.1) is 6.04 Å². The third-order valence-electron chi connectivity index (χ3n) is 3.47. The molecule has 3 aromatic rings. The van der Waals surface area contributed by atoms with E-state index in [9.17, 15) is 22.0 Å². The molecule has 27 heavy (non-hydrogen) atoms. The Morgan fingerprint density at radius 2 is 1.81 bits per heavy atom. The third-order valence-corrected chi connectivity index (χ3v) is 3.47. The van der Waals surface area contributed by atoms with E-state index in [1.54, 1.807) is 6.92 Å². The summed E-state index contributed by atoms with van der Waals surface area (Å²) in [7, 11) is 0. The molecule has 0 amide bonds. The molecule has 0 spiro atoms. The van der Waals surface area contributed by atoms with Gasteiger partial charge in [-0.05, 0) is 13.0 Å². The fourth-order valence-corrected chi connectivity index (χ4v) is 2.20. The molecule has 0 aliphatic carbocycles. The van der Waals surface area contributed by atoms with Gasteiger partial charge in [0, 0.05) is 17.7 Å². The molecule has 0 radical (unpaired) electrons. The first kappa shape index (κ1) is 18.5. The van der Waals surface area contributed by atoms with Crippen molar-refractivity contribution in [3.8, 4) is 0 Å². The van der Waals surface area contributed by atoms with Gasteiger partial charge in [0.2, 0.25) is 11.9 Å². The largest absolute Gasteiger partial charge is 0.432 e. The second-order valence-corrected chi connectivity index (χ2v) is 5.45. The van der Waals surface area contributed by atoms with Crippen LogP contribution in [-0.2, 0) is 6.18 Å². The zero-order valence-corrected chi connectivity index (χ0v) is 13.6. The Morgan fingerprint density at radius 3 is 2.48 bits per heavy atom. The topological polar surface area (TPSA) is 91.4 Å².